The summed E-state index contributed by atoms with van der Waals surface area (Å²) in [6.45, 7) is 8.35. The molecule has 0 aromatic rings. The largest absolute Gasteiger partial charge is 0.353 e. The van der Waals surface area contributed by atoms with Gasteiger partial charge in [-0.15, -0.1) is 0 Å². The van der Waals surface area contributed by atoms with Crippen LogP contribution in [0.4, 0.5) is 0 Å². The minimum absolute atomic E-state index is 0.138. The highest BCUT2D eigenvalue weighted by molar-refractivity contribution is 5.80. The third kappa shape index (κ3) is 4.71. The van der Waals surface area contributed by atoms with Gasteiger partial charge in [0.05, 0.1) is 0 Å². The maximum absolute atomic E-state index is 12.8. The van der Waals surface area contributed by atoms with E-state index in [1.54, 1.807) is 0 Å². The Kier molecular flexibility index (Phi) is 6.49. The molecule has 0 heterocycles. The van der Waals surface area contributed by atoms with Crippen molar-refractivity contribution in [2.45, 2.75) is 97.2 Å². The van der Waals surface area contributed by atoms with Gasteiger partial charge >= 0.3 is 0 Å². The Labute approximate surface area is 141 Å². The zero-order valence-electron chi connectivity index (χ0n) is 15.3. The molecule has 4 nitrogen and oxygen atoms in total. The van der Waals surface area contributed by atoms with E-state index in [2.05, 4.69) is 33.0 Å². The van der Waals surface area contributed by atoms with E-state index in [9.17, 15) is 9.59 Å². The van der Waals surface area contributed by atoms with Gasteiger partial charge in [0.2, 0.25) is 11.8 Å². The quantitative estimate of drug-likeness (QED) is 0.842. The summed E-state index contributed by atoms with van der Waals surface area (Å²) < 4.78 is 0. The molecule has 0 bridgehead atoms. The number of carbonyl (C=O) groups is 2. The van der Waals surface area contributed by atoms with E-state index in [1.807, 2.05) is 4.90 Å². The molecule has 0 aromatic heterocycles. The Hall–Kier alpha value is -1.06. The van der Waals surface area contributed by atoms with Crippen LogP contribution >= 0.6 is 0 Å². The lowest BCUT2D eigenvalue weighted by Crippen LogP contribution is -2.47. The summed E-state index contributed by atoms with van der Waals surface area (Å²) in [7, 11) is 0. The fourth-order valence-electron chi connectivity index (χ4n) is 4.31. The summed E-state index contributed by atoms with van der Waals surface area (Å²) in [5.41, 5.74) is 0. The van der Waals surface area contributed by atoms with E-state index in [0.717, 1.165) is 38.5 Å². The number of carbonyl (C=O) groups excluding carboxylic acids is 2. The number of rotatable bonds is 5. The summed E-state index contributed by atoms with van der Waals surface area (Å²) in [6.07, 6.45) is 8.19. The lowest BCUT2D eigenvalue weighted by Gasteiger charge is -2.37. The van der Waals surface area contributed by atoms with Gasteiger partial charge in [-0.1, -0.05) is 12.8 Å². The summed E-state index contributed by atoms with van der Waals surface area (Å²) in [6, 6.07) is 0.781. The highest BCUT2D eigenvalue weighted by atomic mass is 16.2. The van der Waals surface area contributed by atoms with Crippen LogP contribution in [-0.4, -0.2) is 34.8 Å². The zero-order valence-corrected chi connectivity index (χ0v) is 15.3. The fourth-order valence-corrected chi connectivity index (χ4v) is 4.31. The first kappa shape index (κ1) is 18.3. The van der Waals surface area contributed by atoms with E-state index in [1.165, 1.54) is 12.8 Å². The van der Waals surface area contributed by atoms with Gasteiger partial charge in [-0.3, -0.25) is 9.59 Å². The molecule has 23 heavy (non-hydrogen) atoms. The molecule has 2 aliphatic carbocycles. The molecular formula is C19H34N2O2. The first-order valence-electron chi connectivity index (χ1n) is 9.52. The third-order valence-electron chi connectivity index (χ3n) is 5.52. The van der Waals surface area contributed by atoms with Gasteiger partial charge in [0.15, 0.2) is 0 Å². The van der Waals surface area contributed by atoms with Crippen molar-refractivity contribution in [3.8, 4) is 0 Å². The van der Waals surface area contributed by atoms with E-state index >= 15 is 0 Å². The lowest BCUT2D eigenvalue weighted by molar-refractivity contribution is -0.140. The molecule has 2 aliphatic rings. The molecule has 0 atom stereocenters. The molecular weight excluding hydrogens is 288 g/mol. The Morgan fingerprint density at radius 2 is 1.35 bits per heavy atom. The summed E-state index contributed by atoms with van der Waals surface area (Å²) in [5, 5.41) is 3.23. The van der Waals surface area contributed by atoms with Crippen LogP contribution in [0.25, 0.3) is 0 Å². The maximum atomic E-state index is 12.8. The summed E-state index contributed by atoms with van der Waals surface area (Å²) in [5.74, 6) is 0.935. The molecule has 0 aromatic carbocycles. The first-order valence-corrected chi connectivity index (χ1v) is 9.52. The Balaban J connectivity index is 1.81. The van der Waals surface area contributed by atoms with Crippen LogP contribution in [0, 0.1) is 11.8 Å². The average Bonchev–Trinajstić information content (AvgIpc) is 3.01. The molecule has 4 heteroatoms. The Morgan fingerprint density at radius 3 is 1.83 bits per heavy atom. The van der Waals surface area contributed by atoms with Crippen LogP contribution in [0.2, 0.25) is 0 Å². The van der Waals surface area contributed by atoms with E-state index in [4.69, 9.17) is 0 Å². The van der Waals surface area contributed by atoms with Gasteiger partial charge in [0.1, 0.15) is 0 Å². The van der Waals surface area contributed by atoms with Crippen LogP contribution in [0.3, 0.4) is 0 Å². The number of hydrogen-bond acceptors (Lipinski definition) is 2. The Morgan fingerprint density at radius 1 is 0.826 bits per heavy atom. The number of hydrogen-bond donors (Lipinski definition) is 1. The number of nitrogens with one attached hydrogen (secondary N) is 1. The first-order chi connectivity index (χ1) is 10.9. The van der Waals surface area contributed by atoms with Gasteiger partial charge < -0.3 is 10.2 Å². The van der Waals surface area contributed by atoms with Crippen molar-refractivity contribution in [1.29, 1.82) is 0 Å². The van der Waals surface area contributed by atoms with Crippen molar-refractivity contribution in [3.63, 3.8) is 0 Å². The van der Waals surface area contributed by atoms with Crippen LogP contribution in [-0.2, 0) is 9.59 Å². The van der Waals surface area contributed by atoms with Gasteiger partial charge in [-0.05, 0) is 66.2 Å². The standard InChI is InChI=1S/C19H34N2O2/c1-13(2)21(14(3)4)19(23)16-9-11-17(12-10-16)20-18(22)15-7-5-6-8-15/h13-17H,5-12H2,1-4H3,(H,20,22). The van der Waals surface area contributed by atoms with Crippen LogP contribution in [0.15, 0.2) is 0 Å². The van der Waals surface area contributed by atoms with Crippen molar-refractivity contribution in [3.05, 3.63) is 0 Å². The average molecular weight is 322 g/mol. The Bertz CT molecular complexity index is 398. The highest BCUT2D eigenvalue weighted by Crippen LogP contribution is 2.29. The minimum atomic E-state index is 0.138. The van der Waals surface area contributed by atoms with Crippen molar-refractivity contribution in [2.75, 3.05) is 0 Å². The molecule has 2 rings (SSSR count). The molecule has 0 aliphatic heterocycles. The molecule has 0 radical (unpaired) electrons. The van der Waals surface area contributed by atoms with Crippen LogP contribution < -0.4 is 5.32 Å². The van der Waals surface area contributed by atoms with Gasteiger partial charge in [-0.2, -0.15) is 0 Å². The predicted octanol–water partition coefficient (Wildman–Crippen LogP) is 3.50. The van der Waals surface area contributed by atoms with Gasteiger partial charge in [0, 0.05) is 30.0 Å². The molecule has 1 N–H and O–H groups in total. The van der Waals surface area contributed by atoms with E-state index in [0.29, 0.717) is 5.91 Å². The molecule has 2 saturated carbocycles. The predicted molar refractivity (Wildman–Crippen MR) is 93.0 cm³/mol. The SMILES string of the molecule is CC(C)N(C(=O)C1CCC(NC(=O)C2CCCC2)CC1)C(C)C. The summed E-state index contributed by atoms with van der Waals surface area (Å²) in [4.78, 5) is 27.0. The van der Waals surface area contributed by atoms with Crippen LogP contribution in [0.1, 0.15) is 79.1 Å². The van der Waals surface area contributed by atoms with Crippen LogP contribution in [0.5, 0.6) is 0 Å². The topological polar surface area (TPSA) is 49.4 Å². The normalized spacial score (nSPS) is 25.8. The summed E-state index contributed by atoms with van der Waals surface area (Å²) >= 11 is 0. The number of amides is 2. The second-order valence-electron chi connectivity index (χ2n) is 7.97. The van der Waals surface area contributed by atoms with E-state index in [-0.39, 0.29) is 35.9 Å². The second-order valence-corrected chi connectivity index (χ2v) is 7.97. The van der Waals surface area contributed by atoms with Gasteiger partial charge in [-0.25, -0.2) is 0 Å². The van der Waals surface area contributed by atoms with Crippen molar-refractivity contribution in [1.82, 2.24) is 10.2 Å². The molecule has 0 unspecified atom stereocenters. The molecule has 0 spiro atoms. The highest BCUT2D eigenvalue weighted by Gasteiger charge is 2.33. The number of nitrogens with zero attached hydrogens (tertiary/aromatic N) is 1. The van der Waals surface area contributed by atoms with Crippen molar-refractivity contribution < 1.29 is 9.59 Å². The third-order valence-corrected chi connectivity index (χ3v) is 5.52. The molecule has 132 valence electrons. The second kappa shape index (κ2) is 8.16. The molecule has 0 saturated heterocycles. The van der Waals surface area contributed by atoms with Crippen molar-refractivity contribution >= 4 is 11.8 Å². The fraction of sp³-hybridized carbons (Fsp3) is 0.895. The molecule has 2 amide bonds. The minimum Gasteiger partial charge on any atom is -0.353 e. The monoisotopic (exact) mass is 322 g/mol. The zero-order chi connectivity index (χ0) is 17.0. The van der Waals surface area contributed by atoms with E-state index < -0.39 is 0 Å². The lowest BCUT2D eigenvalue weighted by atomic mass is 9.84. The maximum Gasteiger partial charge on any atom is 0.226 e. The van der Waals surface area contributed by atoms with Crippen molar-refractivity contribution in [2.24, 2.45) is 11.8 Å². The van der Waals surface area contributed by atoms with Gasteiger partial charge in [0.25, 0.3) is 0 Å². The smallest absolute Gasteiger partial charge is 0.226 e. The molecule has 2 fully saturated rings.